The van der Waals surface area contributed by atoms with Crippen LogP contribution in [-0.4, -0.2) is 43.2 Å². The predicted molar refractivity (Wildman–Crippen MR) is 88.5 cm³/mol. The van der Waals surface area contributed by atoms with E-state index in [1.807, 2.05) is 13.1 Å². The van der Waals surface area contributed by atoms with Crippen LogP contribution in [0.2, 0.25) is 18.1 Å². The van der Waals surface area contributed by atoms with Crippen molar-refractivity contribution in [2.45, 2.75) is 84.3 Å². The zero-order chi connectivity index (χ0) is 17.9. The lowest BCUT2D eigenvalue weighted by Gasteiger charge is -2.39. The molecule has 0 aliphatic heterocycles. The molecule has 22 heavy (non-hydrogen) atoms. The molecule has 7 heteroatoms. The second kappa shape index (κ2) is 7.00. The maximum Gasteiger partial charge on any atom is 0.408 e. The van der Waals surface area contributed by atoms with E-state index in [2.05, 4.69) is 26.1 Å². The Morgan fingerprint density at radius 1 is 1.09 bits per heavy atom. The highest BCUT2D eigenvalue weighted by atomic mass is 28.4. The van der Waals surface area contributed by atoms with Gasteiger partial charge in [-0.1, -0.05) is 20.8 Å². The zero-order valence-corrected chi connectivity index (χ0v) is 16.2. The molecule has 0 spiro atoms. The second-order valence-corrected chi connectivity index (χ2v) is 12.8. The largest absolute Gasteiger partial charge is 0.480 e. The molecule has 0 saturated carbocycles. The third-order valence-electron chi connectivity index (χ3n) is 3.69. The van der Waals surface area contributed by atoms with E-state index < -0.39 is 38.1 Å². The molecule has 1 amide bonds. The predicted octanol–water partition coefficient (Wildman–Crippen LogP) is 3.37. The zero-order valence-electron chi connectivity index (χ0n) is 15.2. The fraction of sp³-hybridized carbons (Fsp3) is 0.867. The Kier molecular flexibility index (Phi) is 6.65. The van der Waals surface area contributed by atoms with Gasteiger partial charge < -0.3 is 19.6 Å². The molecule has 0 aromatic heterocycles. The van der Waals surface area contributed by atoms with Crippen molar-refractivity contribution in [1.82, 2.24) is 5.32 Å². The van der Waals surface area contributed by atoms with Gasteiger partial charge in [-0.25, -0.2) is 9.59 Å². The highest BCUT2D eigenvalue weighted by Gasteiger charge is 2.41. The smallest absolute Gasteiger partial charge is 0.408 e. The van der Waals surface area contributed by atoms with Gasteiger partial charge in [-0.15, -0.1) is 0 Å². The summed E-state index contributed by atoms with van der Waals surface area (Å²) in [6.07, 6.45) is -1.41. The van der Waals surface area contributed by atoms with Crippen molar-refractivity contribution < 1.29 is 23.9 Å². The Morgan fingerprint density at radius 2 is 1.55 bits per heavy atom. The van der Waals surface area contributed by atoms with Crippen LogP contribution in [0, 0.1) is 0 Å². The van der Waals surface area contributed by atoms with E-state index >= 15 is 0 Å². The van der Waals surface area contributed by atoms with Crippen molar-refractivity contribution >= 4 is 20.4 Å². The molecule has 130 valence electrons. The Morgan fingerprint density at radius 3 is 1.86 bits per heavy atom. The van der Waals surface area contributed by atoms with Crippen molar-refractivity contribution in [3.63, 3.8) is 0 Å². The van der Waals surface area contributed by atoms with Gasteiger partial charge in [0.2, 0.25) is 0 Å². The lowest BCUT2D eigenvalue weighted by molar-refractivity contribution is -0.141. The average Bonchev–Trinajstić information content (AvgIpc) is 2.20. The number of carboxylic acid groups (broad SMARTS) is 1. The molecule has 0 rings (SSSR count). The molecular formula is C15H31NO5Si. The van der Waals surface area contributed by atoms with Gasteiger partial charge in [0.05, 0.1) is 6.10 Å². The fourth-order valence-corrected chi connectivity index (χ4v) is 2.94. The number of carbonyl (C=O) groups is 2. The molecule has 0 radical (unpaired) electrons. The van der Waals surface area contributed by atoms with Crippen LogP contribution >= 0.6 is 0 Å². The van der Waals surface area contributed by atoms with E-state index in [9.17, 15) is 14.7 Å². The van der Waals surface area contributed by atoms with Crippen LogP contribution < -0.4 is 5.32 Å². The first kappa shape index (κ1) is 20.9. The van der Waals surface area contributed by atoms with Crippen molar-refractivity contribution in [1.29, 1.82) is 0 Å². The first-order chi connectivity index (χ1) is 9.57. The minimum atomic E-state index is -2.13. The van der Waals surface area contributed by atoms with Crippen LogP contribution in [0.3, 0.4) is 0 Å². The number of rotatable bonds is 5. The lowest BCUT2D eigenvalue weighted by Crippen LogP contribution is -2.54. The van der Waals surface area contributed by atoms with Crippen molar-refractivity contribution in [2.75, 3.05) is 0 Å². The van der Waals surface area contributed by atoms with Crippen LogP contribution in [0.25, 0.3) is 0 Å². The van der Waals surface area contributed by atoms with Crippen LogP contribution in [0.4, 0.5) is 4.79 Å². The van der Waals surface area contributed by atoms with Crippen LogP contribution in [0.1, 0.15) is 48.5 Å². The topological polar surface area (TPSA) is 84.9 Å². The summed E-state index contributed by atoms with van der Waals surface area (Å²) in [6, 6.07) is -1.15. The van der Waals surface area contributed by atoms with Gasteiger partial charge in [-0.3, -0.25) is 0 Å². The highest BCUT2D eigenvalue weighted by molar-refractivity contribution is 6.74. The minimum absolute atomic E-state index is 0.0454. The molecule has 0 fully saturated rings. The van der Waals surface area contributed by atoms with E-state index in [0.717, 1.165) is 0 Å². The Bertz CT molecular complexity index is 409. The first-order valence-corrected chi connectivity index (χ1v) is 10.4. The summed E-state index contributed by atoms with van der Waals surface area (Å²) in [5, 5.41) is 11.7. The van der Waals surface area contributed by atoms with E-state index in [1.165, 1.54) is 0 Å². The van der Waals surface area contributed by atoms with Gasteiger partial charge in [0.1, 0.15) is 5.60 Å². The van der Waals surface area contributed by atoms with Gasteiger partial charge in [0.25, 0.3) is 0 Å². The summed E-state index contributed by atoms with van der Waals surface area (Å²) < 4.78 is 11.2. The van der Waals surface area contributed by atoms with Crippen LogP contribution in [-0.2, 0) is 14.0 Å². The number of amides is 1. The number of hydrogen-bond donors (Lipinski definition) is 2. The lowest BCUT2D eigenvalue weighted by atomic mass is 10.2. The van der Waals surface area contributed by atoms with E-state index in [-0.39, 0.29) is 5.04 Å². The summed E-state index contributed by atoms with van der Waals surface area (Å²) in [5.41, 5.74) is -0.684. The fourth-order valence-electron chi connectivity index (χ4n) is 1.52. The molecule has 2 N–H and O–H groups in total. The number of carbonyl (C=O) groups excluding carboxylic acids is 1. The molecule has 0 aromatic rings. The van der Waals surface area contributed by atoms with Gasteiger partial charge in [-0.05, 0) is 45.8 Å². The molecule has 0 aliphatic carbocycles. The molecule has 0 heterocycles. The SMILES string of the molecule is C[C@@H](O[Si](C)(C)C(C)(C)C)[C@H](NC(=O)OC(C)(C)C)C(=O)O. The molecule has 0 bridgehead atoms. The minimum Gasteiger partial charge on any atom is -0.480 e. The van der Waals surface area contributed by atoms with Crippen LogP contribution in [0.15, 0.2) is 0 Å². The Hall–Kier alpha value is -1.08. The standard InChI is InChI=1S/C15H31NO5Si/c1-10(21-22(8,9)15(5,6)7)11(12(17)18)16-13(19)20-14(2,3)4/h10-11H,1-9H3,(H,16,19)(H,17,18)/t10-,11+/m1/s1. The van der Waals surface area contributed by atoms with Gasteiger partial charge in [0.15, 0.2) is 14.4 Å². The number of nitrogens with one attached hydrogen (secondary N) is 1. The number of alkyl carbamates (subject to hydrolysis) is 1. The number of carboxylic acids is 1. The van der Waals surface area contributed by atoms with Crippen LogP contribution in [0.5, 0.6) is 0 Å². The number of aliphatic carboxylic acids is 1. The van der Waals surface area contributed by atoms with E-state index in [4.69, 9.17) is 9.16 Å². The summed E-state index contributed by atoms with van der Waals surface area (Å²) in [5.74, 6) is -1.14. The second-order valence-electron chi connectivity index (χ2n) is 8.05. The maximum atomic E-state index is 11.8. The molecule has 0 unspecified atom stereocenters. The summed E-state index contributed by atoms with van der Waals surface area (Å²) in [6.45, 7) is 17.1. The Labute approximate surface area is 134 Å². The third-order valence-corrected chi connectivity index (χ3v) is 8.27. The summed E-state index contributed by atoms with van der Waals surface area (Å²) in [7, 11) is -2.13. The first-order valence-electron chi connectivity index (χ1n) is 7.47. The Balaban J connectivity index is 4.97. The highest BCUT2D eigenvalue weighted by Crippen LogP contribution is 2.37. The summed E-state index contributed by atoms with van der Waals surface area (Å²) in [4.78, 5) is 23.2. The average molecular weight is 334 g/mol. The van der Waals surface area contributed by atoms with Gasteiger partial charge >= 0.3 is 12.1 Å². The van der Waals surface area contributed by atoms with Crippen molar-refractivity contribution in [3.8, 4) is 0 Å². The quantitative estimate of drug-likeness (QED) is 0.753. The number of ether oxygens (including phenoxy) is 1. The van der Waals surface area contributed by atoms with E-state index in [0.29, 0.717) is 0 Å². The summed E-state index contributed by atoms with van der Waals surface area (Å²) >= 11 is 0. The molecule has 0 aliphatic rings. The van der Waals surface area contributed by atoms with Crippen molar-refractivity contribution in [2.24, 2.45) is 0 Å². The molecule has 0 saturated heterocycles. The third kappa shape index (κ3) is 6.78. The number of hydrogen-bond acceptors (Lipinski definition) is 4. The van der Waals surface area contributed by atoms with E-state index in [1.54, 1.807) is 27.7 Å². The normalized spacial score (nSPS) is 15.9. The van der Waals surface area contributed by atoms with Crippen molar-refractivity contribution in [3.05, 3.63) is 0 Å². The monoisotopic (exact) mass is 333 g/mol. The molecule has 6 nitrogen and oxygen atoms in total. The molecular weight excluding hydrogens is 302 g/mol. The maximum absolute atomic E-state index is 11.8. The molecule has 0 aromatic carbocycles. The van der Waals surface area contributed by atoms with Gasteiger partial charge in [0, 0.05) is 0 Å². The van der Waals surface area contributed by atoms with Gasteiger partial charge in [-0.2, -0.15) is 0 Å². The molecule has 2 atom stereocenters.